The second kappa shape index (κ2) is 16.5. The van der Waals surface area contributed by atoms with Gasteiger partial charge in [-0.1, -0.05) is 71.8 Å². The summed E-state index contributed by atoms with van der Waals surface area (Å²) < 4.78 is 45.7. The average Bonchev–Trinajstić information content (AvgIpc) is 3.65. The molecule has 2 amide bonds. The number of rotatable bonds is 12. The molecular formula is C41H40F3N5O5. The Balaban J connectivity index is 1.05. The smallest absolute Gasteiger partial charge is 0.416 e. The number of H-pyrrole nitrogens is 1. The minimum Gasteiger partial charge on any atom is -0.497 e. The summed E-state index contributed by atoms with van der Waals surface area (Å²) in [5, 5.41) is 29.7. The third-order valence-electron chi connectivity index (χ3n) is 9.38. The van der Waals surface area contributed by atoms with Crippen LogP contribution < -0.4 is 10.1 Å². The van der Waals surface area contributed by atoms with Crippen molar-refractivity contribution >= 4 is 17.5 Å². The molecule has 0 spiro atoms. The van der Waals surface area contributed by atoms with E-state index in [4.69, 9.17) is 9.72 Å². The lowest BCUT2D eigenvalue weighted by atomic mass is 9.88. The maximum Gasteiger partial charge on any atom is 0.416 e. The van der Waals surface area contributed by atoms with Crippen LogP contribution in [-0.4, -0.2) is 68.6 Å². The zero-order chi connectivity index (χ0) is 38.4. The molecule has 1 heterocycles. The molecule has 0 fully saturated rings. The number of allylic oxidation sites excluding steroid dienone is 1. The summed E-state index contributed by atoms with van der Waals surface area (Å²) in [4.78, 5) is 32.3. The van der Waals surface area contributed by atoms with E-state index in [1.165, 1.54) is 54.0 Å². The molecule has 5 aromatic rings. The van der Waals surface area contributed by atoms with E-state index in [0.29, 0.717) is 18.7 Å². The van der Waals surface area contributed by atoms with Crippen LogP contribution in [0.4, 0.5) is 18.9 Å². The van der Waals surface area contributed by atoms with E-state index in [9.17, 15) is 33.0 Å². The standard InChI is InChI=1S/C41H40F3N5O5/c1-25-3-7-27(8-4-25)28-11-13-30(14-12-28)39-46-38(47-48-39)29-9-5-26(6-10-29)23-49(24-37(51)52)40(53)31-15-18-33(19-16-31)45-36(50)21-32-17-20-34(54-2)22-35(32)41(42,43)44/h3-5,7-8,11-20,22,29,37,51-52H,6,9-10,21,23-24H2,1-2H3,(H,45,50)(H,46,47,48). The van der Waals surface area contributed by atoms with E-state index in [-0.39, 0.29) is 41.6 Å². The summed E-state index contributed by atoms with van der Waals surface area (Å²) in [6, 6.07) is 25.7. The van der Waals surface area contributed by atoms with Crippen LogP contribution in [0.2, 0.25) is 0 Å². The van der Waals surface area contributed by atoms with E-state index in [1.54, 1.807) is 0 Å². The number of amides is 2. The van der Waals surface area contributed by atoms with Gasteiger partial charge in [0.25, 0.3) is 5.91 Å². The van der Waals surface area contributed by atoms with Crippen molar-refractivity contribution in [2.24, 2.45) is 0 Å². The van der Waals surface area contributed by atoms with E-state index >= 15 is 0 Å². The molecule has 1 aliphatic rings. The second-order valence-corrected chi connectivity index (χ2v) is 13.3. The molecule has 10 nitrogen and oxygen atoms in total. The van der Waals surface area contributed by atoms with Crippen molar-refractivity contribution in [3.8, 4) is 28.3 Å². The molecule has 4 aromatic carbocycles. The van der Waals surface area contributed by atoms with Crippen LogP contribution in [0.1, 0.15) is 58.1 Å². The number of carbonyl (C=O) groups excluding carboxylic acids is 2. The van der Waals surface area contributed by atoms with Gasteiger partial charge in [-0.3, -0.25) is 14.7 Å². The van der Waals surface area contributed by atoms with Gasteiger partial charge in [-0.2, -0.15) is 18.3 Å². The third-order valence-corrected chi connectivity index (χ3v) is 9.38. The first kappa shape index (κ1) is 38.0. The van der Waals surface area contributed by atoms with Gasteiger partial charge in [0.1, 0.15) is 11.6 Å². The summed E-state index contributed by atoms with van der Waals surface area (Å²) in [6.45, 7) is 1.92. The molecule has 0 saturated carbocycles. The fourth-order valence-corrected chi connectivity index (χ4v) is 6.44. The highest BCUT2D eigenvalue weighted by atomic mass is 19.4. The van der Waals surface area contributed by atoms with Crippen LogP contribution in [0.15, 0.2) is 103 Å². The zero-order valence-corrected chi connectivity index (χ0v) is 29.7. The van der Waals surface area contributed by atoms with Crippen LogP contribution in [0, 0.1) is 6.92 Å². The number of halogens is 3. The lowest BCUT2D eigenvalue weighted by Crippen LogP contribution is -2.39. The number of alkyl halides is 3. The number of aryl methyl sites for hydroxylation is 1. The van der Waals surface area contributed by atoms with Crippen molar-refractivity contribution in [2.45, 2.75) is 51.0 Å². The van der Waals surface area contributed by atoms with Crippen LogP contribution in [0.25, 0.3) is 22.5 Å². The van der Waals surface area contributed by atoms with Gasteiger partial charge in [-0.05, 0) is 79.3 Å². The summed E-state index contributed by atoms with van der Waals surface area (Å²) in [6.07, 6.45) is -2.84. The van der Waals surface area contributed by atoms with Crippen molar-refractivity contribution in [3.05, 3.63) is 131 Å². The van der Waals surface area contributed by atoms with Gasteiger partial charge in [0.05, 0.1) is 25.6 Å². The molecule has 1 unspecified atom stereocenters. The molecule has 0 radical (unpaired) electrons. The van der Waals surface area contributed by atoms with Crippen LogP contribution in [0.3, 0.4) is 0 Å². The molecule has 0 saturated heterocycles. The number of aliphatic hydroxyl groups excluding tert-OH is 1. The monoisotopic (exact) mass is 739 g/mol. The number of carbonyl (C=O) groups is 2. The first-order chi connectivity index (χ1) is 25.9. The van der Waals surface area contributed by atoms with Crippen LogP contribution in [-0.2, 0) is 17.4 Å². The van der Waals surface area contributed by atoms with E-state index < -0.39 is 36.3 Å². The maximum absolute atomic E-state index is 13.6. The quantitative estimate of drug-likeness (QED) is 0.0778. The van der Waals surface area contributed by atoms with Gasteiger partial charge in [0, 0.05) is 29.3 Å². The minimum absolute atomic E-state index is 0.0239. The lowest BCUT2D eigenvalue weighted by molar-refractivity contribution is -0.138. The molecular weight excluding hydrogens is 699 g/mol. The highest BCUT2D eigenvalue weighted by Gasteiger charge is 2.34. The molecule has 0 bridgehead atoms. The second-order valence-electron chi connectivity index (χ2n) is 13.3. The summed E-state index contributed by atoms with van der Waals surface area (Å²) in [5.74, 6) is 0.385. The fraction of sp³-hybridized carbons (Fsp3) is 0.268. The molecule has 1 atom stereocenters. The molecule has 6 rings (SSSR count). The zero-order valence-electron chi connectivity index (χ0n) is 29.7. The number of aromatic amines is 1. The first-order valence-corrected chi connectivity index (χ1v) is 17.4. The van der Waals surface area contributed by atoms with E-state index in [1.807, 2.05) is 18.2 Å². The molecule has 1 aliphatic carbocycles. The number of ether oxygens (including phenoxy) is 1. The Kier molecular flexibility index (Phi) is 11.6. The van der Waals surface area contributed by atoms with Crippen molar-refractivity contribution in [1.29, 1.82) is 0 Å². The summed E-state index contributed by atoms with van der Waals surface area (Å²) in [7, 11) is 1.26. The number of hydrogen-bond donors (Lipinski definition) is 4. The van der Waals surface area contributed by atoms with Crippen molar-refractivity contribution in [3.63, 3.8) is 0 Å². The lowest BCUT2D eigenvalue weighted by Gasteiger charge is -2.28. The van der Waals surface area contributed by atoms with Gasteiger partial charge in [-0.25, -0.2) is 4.98 Å². The van der Waals surface area contributed by atoms with Crippen molar-refractivity contribution < 1.29 is 37.7 Å². The Morgan fingerprint density at radius 1 is 0.963 bits per heavy atom. The minimum atomic E-state index is -4.67. The molecule has 4 N–H and O–H groups in total. The number of nitrogens with one attached hydrogen (secondary N) is 2. The number of aromatic nitrogens is 3. The predicted molar refractivity (Wildman–Crippen MR) is 198 cm³/mol. The number of anilines is 1. The number of methoxy groups -OCH3 is 1. The first-order valence-electron chi connectivity index (χ1n) is 17.4. The highest BCUT2D eigenvalue weighted by molar-refractivity contribution is 5.96. The van der Waals surface area contributed by atoms with E-state index in [2.05, 4.69) is 58.8 Å². The molecule has 54 heavy (non-hydrogen) atoms. The van der Waals surface area contributed by atoms with Gasteiger partial charge in [-0.15, -0.1) is 0 Å². The topological polar surface area (TPSA) is 141 Å². The van der Waals surface area contributed by atoms with Gasteiger partial charge < -0.3 is 25.2 Å². The Labute approximate surface area is 310 Å². The summed E-state index contributed by atoms with van der Waals surface area (Å²) >= 11 is 0. The van der Waals surface area contributed by atoms with Crippen LogP contribution >= 0.6 is 0 Å². The Hall–Kier alpha value is -5.79. The molecule has 13 heteroatoms. The number of benzene rings is 4. The Morgan fingerprint density at radius 3 is 2.24 bits per heavy atom. The fourth-order valence-electron chi connectivity index (χ4n) is 6.44. The largest absolute Gasteiger partial charge is 0.497 e. The van der Waals surface area contributed by atoms with Gasteiger partial charge >= 0.3 is 6.18 Å². The molecule has 280 valence electrons. The van der Waals surface area contributed by atoms with Gasteiger partial charge in [0.2, 0.25) is 5.91 Å². The number of nitrogens with zero attached hydrogens (tertiary/aromatic N) is 3. The SMILES string of the molecule is COc1ccc(CC(=O)Nc2ccc(C(=O)N(CC3=CCC(c4nc(-c5ccc(-c6ccc(C)cc6)cc5)n[nH]4)CC3)CC(O)O)cc2)c(C(F)(F)F)c1. The highest BCUT2D eigenvalue weighted by Crippen LogP contribution is 2.35. The third kappa shape index (κ3) is 9.41. The normalized spacial score (nSPS) is 14.4. The van der Waals surface area contributed by atoms with Crippen molar-refractivity contribution in [1.82, 2.24) is 20.1 Å². The Morgan fingerprint density at radius 2 is 1.63 bits per heavy atom. The number of hydrogen-bond acceptors (Lipinski definition) is 7. The Bertz CT molecular complexity index is 2110. The average molecular weight is 740 g/mol. The van der Waals surface area contributed by atoms with Crippen LogP contribution in [0.5, 0.6) is 5.75 Å². The van der Waals surface area contributed by atoms with E-state index in [0.717, 1.165) is 40.6 Å². The predicted octanol–water partition coefficient (Wildman–Crippen LogP) is 7.30. The van der Waals surface area contributed by atoms with Crippen molar-refractivity contribution in [2.75, 3.05) is 25.5 Å². The maximum atomic E-state index is 13.6. The van der Waals surface area contributed by atoms with Gasteiger partial charge in [0.15, 0.2) is 12.1 Å². The summed E-state index contributed by atoms with van der Waals surface area (Å²) in [5.41, 5.74) is 4.66. The molecule has 1 aromatic heterocycles. The number of aliphatic hydroxyl groups is 2. The molecule has 0 aliphatic heterocycles.